The van der Waals surface area contributed by atoms with Gasteiger partial charge in [0.15, 0.2) is 0 Å². The predicted octanol–water partition coefficient (Wildman–Crippen LogP) is 3.44. The van der Waals surface area contributed by atoms with Crippen molar-refractivity contribution in [1.29, 1.82) is 0 Å². The van der Waals surface area contributed by atoms with Gasteiger partial charge in [0.05, 0.1) is 40.7 Å². The van der Waals surface area contributed by atoms with E-state index in [0.29, 0.717) is 46.1 Å². The van der Waals surface area contributed by atoms with Crippen LogP contribution in [0.3, 0.4) is 0 Å². The van der Waals surface area contributed by atoms with Crippen molar-refractivity contribution < 1.29 is 14.3 Å². The van der Waals surface area contributed by atoms with Crippen LogP contribution in [0.25, 0.3) is 11.5 Å². The van der Waals surface area contributed by atoms with Crippen molar-refractivity contribution in [2.24, 2.45) is 0 Å². The van der Waals surface area contributed by atoms with E-state index in [-0.39, 0.29) is 18.6 Å². The molecule has 0 fully saturated rings. The van der Waals surface area contributed by atoms with Gasteiger partial charge in [-0.3, -0.25) is 4.79 Å². The molecule has 1 aliphatic rings. The molecular weight excluding hydrogens is 460 g/mol. The number of rotatable bonds is 7. The first-order chi connectivity index (χ1) is 17.3. The molecule has 0 saturated carbocycles. The Balaban J connectivity index is 1.50. The molecule has 0 unspecified atom stereocenters. The number of carbonyl (C=O) groups excluding carboxylic acids is 1. The Labute approximate surface area is 207 Å². The first-order valence-electron chi connectivity index (χ1n) is 11.4. The van der Waals surface area contributed by atoms with Gasteiger partial charge in [0.2, 0.25) is 11.8 Å². The van der Waals surface area contributed by atoms with Crippen LogP contribution in [-0.2, 0) is 5.54 Å². The van der Waals surface area contributed by atoms with Crippen LogP contribution in [0.5, 0.6) is 0 Å². The van der Waals surface area contributed by atoms with Gasteiger partial charge in [-0.25, -0.2) is 15.0 Å². The molecule has 0 spiro atoms. The summed E-state index contributed by atoms with van der Waals surface area (Å²) < 4.78 is 5.64. The highest BCUT2D eigenvalue weighted by atomic mass is 16.4. The summed E-state index contributed by atoms with van der Waals surface area (Å²) >= 11 is 0. The number of carbonyl (C=O) groups is 1. The lowest BCUT2D eigenvalue weighted by atomic mass is 10.0. The molecular formula is C25H26N8O3. The van der Waals surface area contributed by atoms with Gasteiger partial charge < -0.3 is 25.1 Å². The first kappa shape index (κ1) is 23.4. The van der Waals surface area contributed by atoms with E-state index in [0.717, 1.165) is 5.56 Å². The number of hydrogen-bond donors (Lipinski definition) is 3. The molecule has 5 rings (SSSR count). The van der Waals surface area contributed by atoms with Crippen LogP contribution in [0.4, 0.5) is 17.5 Å². The lowest BCUT2D eigenvalue weighted by Gasteiger charge is -2.27. The van der Waals surface area contributed by atoms with Gasteiger partial charge in [0.25, 0.3) is 11.8 Å². The smallest absolute Gasteiger partial charge is 0.257 e. The van der Waals surface area contributed by atoms with E-state index >= 15 is 0 Å². The Kier molecular flexibility index (Phi) is 5.84. The first-order valence-corrected chi connectivity index (χ1v) is 11.4. The quantitative estimate of drug-likeness (QED) is 0.355. The van der Waals surface area contributed by atoms with Gasteiger partial charge in [-0.05, 0) is 19.4 Å². The SMILES string of the molecule is Cc1nnc(-c2cnc(Nc3ncc4c(n3)C(C)(C)N(C)C4=O)cc2N[C@H](CO)c2ccccc2)o1. The monoisotopic (exact) mass is 486 g/mol. The van der Waals surface area contributed by atoms with E-state index in [2.05, 4.69) is 35.8 Å². The normalized spacial score (nSPS) is 15.0. The Morgan fingerprint density at radius 1 is 1.11 bits per heavy atom. The number of aliphatic hydroxyl groups is 1. The summed E-state index contributed by atoms with van der Waals surface area (Å²) in [6, 6.07) is 11.0. The third-order valence-electron chi connectivity index (χ3n) is 6.36. The third kappa shape index (κ3) is 4.13. The minimum atomic E-state index is -0.560. The van der Waals surface area contributed by atoms with Gasteiger partial charge >= 0.3 is 0 Å². The van der Waals surface area contributed by atoms with Gasteiger partial charge in [-0.15, -0.1) is 10.2 Å². The molecule has 11 nitrogen and oxygen atoms in total. The summed E-state index contributed by atoms with van der Waals surface area (Å²) in [5, 5.41) is 24.6. The van der Waals surface area contributed by atoms with Crippen LogP contribution in [0.1, 0.15) is 47.4 Å². The highest BCUT2D eigenvalue weighted by Gasteiger charge is 2.42. The van der Waals surface area contributed by atoms with E-state index < -0.39 is 5.54 Å². The molecule has 0 radical (unpaired) electrons. The zero-order valence-corrected chi connectivity index (χ0v) is 20.4. The summed E-state index contributed by atoms with van der Waals surface area (Å²) in [7, 11) is 1.75. The number of nitrogens with one attached hydrogen (secondary N) is 2. The number of nitrogens with zero attached hydrogens (tertiary/aromatic N) is 6. The van der Waals surface area contributed by atoms with Crippen molar-refractivity contribution >= 4 is 23.4 Å². The Morgan fingerprint density at radius 3 is 2.56 bits per heavy atom. The molecule has 11 heteroatoms. The van der Waals surface area contributed by atoms with Crippen LogP contribution >= 0.6 is 0 Å². The van der Waals surface area contributed by atoms with Crippen molar-refractivity contribution in [2.75, 3.05) is 24.3 Å². The number of pyridine rings is 1. The summed E-state index contributed by atoms with van der Waals surface area (Å²) in [6.45, 7) is 5.45. The standard InChI is InChI=1S/C25H26N8O3/c1-14-31-32-22(36-14)16-11-26-20(10-18(16)28-19(13-34)15-8-6-5-7-9-15)29-24-27-12-17-21(30-24)25(2,3)33(4)23(17)35/h5-12,19,34H,13H2,1-4H3,(H2,26,27,28,29,30)/t19-/m1/s1. The Morgan fingerprint density at radius 2 is 1.86 bits per heavy atom. The zero-order chi connectivity index (χ0) is 25.4. The van der Waals surface area contributed by atoms with Gasteiger partial charge in [-0.2, -0.15) is 0 Å². The molecule has 4 heterocycles. The van der Waals surface area contributed by atoms with Gasteiger partial charge in [0, 0.05) is 32.4 Å². The average Bonchev–Trinajstić information content (AvgIpc) is 3.38. The van der Waals surface area contributed by atoms with Crippen molar-refractivity contribution in [1.82, 2.24) is 30.0 Å². The Bertz CT molecular complexity index is 1420. The summed E-state index contributed by atoms with van der Waals surface area (Å²) in [5.74, 6) is 1.38. The maximum atomic E-state index is 12.5. The maximum absolute atomic E-state index is 12.5. The second-order valence-electron chi connectivity index (χ2n) is 9.04. The number of aliphatic hydroxyl groups excluding tert-OH is 1. The lowest BCUT2D eigenvalue weighted by Crippen LogP contribution is -2.35. The molecule has 0 aliphatic carbocycles. The van der Waals surface area contributed by atoms with E-state index in [9.17, 15) is 9.90 Å². The van der Waals surface area contributed by atoms with Crippen LogP contribution in [0.2, 0.25) is 0 Å². The second kappa shape index (κ2) is 9.00. The molecule has 3 aromatic heterocycles. The molecule has 1 atom stereocenters. The van der Waals surface area contributed by atoms with Gasteiger partial charge in [0.1, 0.15) is 5.82 Å². The molecule has 1 aromatic carbocycles. The van der Waals surface area contributed by atoms with Crippen molar-refractivity contribution in [3.8, 4) is 11.5 Å². The number of aromatic nitrogens is 5. The number of amides is 1. The molecule has 0 saturated heterocycles. The summed E-state index contributed by atoms with van der Waals surface area (Å²) in [6.07, 6.45) is 3.13. The topological polar surface area (TPSA) is 142 Å². The zero-order valence-electron chi connectivity index (χ0n) is 20.4. The van der Waals surface area contributed by atoms with E-state index in [1.54, 1.807) is 31.1 Å². The van der Waals surface area contributed by atoms with E-state index in [1.165, 1.54) is 6.20 Å². The largest absolute Gasteiger partial charge is 0.421 e. The molecule has 1 aliphatic heterocycles. The Hall–Kier alpha value is -4.38. The number of aryl methyl sites for hydroxylation is 1. The van der Waals surface area contributed by atoms with Crippen molar-refractivity contribution in [2.45, 2.75) is 32.4 Å². The predicted molar refractivity (Wildman–Crippen MR) is 133 cm³/mol. The lowest BCUT2D eigenvalue weighted by molar-refractivity contribution is 0.0688. The molecule has 4 aromatic rings. The van der Waals surface area contributed by atoms with Crippen LogP contribution in [-0.4, -0.2) is 54.7 Å². The fourth-order valence-corrected chi connectivity index (χ4v) is 4.10. The number of fused-ring (bicyclic) bond motifs is 1. The van der Waals surface area contributed by atoms with Crippen LogP contribution in [0, 0.1) is 6.92 Å². The molecule has 1 amide bonds. The van der Waals surface area contributed by atoms with Crippen molar-refractivity contribution in [3.63, 3.8) is 0 Å². The molecule has 184 valence electrons. The number of anilines is 3. The average molecular weight is 487 g/mol. The minimum absolute atomic E-state index is 0.110. The summed E-state index contributed by atoms with van der Waals surface area (Å²) in [4.78, 5) is 27.6. The minimum Gasteiger partial charge on any atom is -0.421 e. The maximum Gasteiger partial charge on any atom is 0.257 e. The molecule has 3 N–H and O–H groups in total. The highest BCUT2D eigenvalue weighted by molar-refractivity contribution is 5.99. The van der Waals surface area contributed by atoms with Crippen LogP contribution in [0.15, 0.2) is 53.2 Å². The number of benzene rings is 1. The van der Waals surface area contributed by atoms with E-state index in [1.807, 2.05) is 44.2 Å². The number of hydrogen-bond acceptors (Lipinski definition) is 10. The van der Waals surface area contributed by atoms with Gasteiger partial charge in [-0.1, -0.05) is 30.3 Å². The van der Waals surface area contributed by atoms with E-state index in [4.69, 9.17) is 4.42 Å². The summed E-state index contributed by atoms with van der Waals surface area (Å²) in [5.41, 5.74) is 2.69. The van der Waals surface area contributed by atoms with Crippen molar-refractivity contribution in [3.05, 3.63) is 71.5 Å². The fraction of sp³-hybridized carbons (Fsp3) is 0.280. The third-order valence-corrected chi connectivity index (χ3v) is 6.36. The fourth-order valence-electron chi connectivity index (χ4n) is 4.10. The van der Waals surface area contributed by atoms with Crippen LogP contribution < -0.4 is 10.6 Å². The highest BCUT2D eigenvalue weighted by Crippen LogP contribution is 2.37. The molecule has 36 heavy (non-hydrogen) atoms. The molecule has 0 bridgehead atoms. The second-order valence-corrected chi connectivity index (χ2v) is 9.04.